The molecule has 0 amide bonds. The fourth-order valence-corrected chi connectivity index (χ4v) is 4.70. The second-order valence-corrected chi connectivity index (χ2v) is 9.36. The first kappa shape index (κ1) is 26.6. The summed E-state index contributed by atoms with van der Waals surface area (Å²) in [7, 11) is 0. The molecule has 1 N–H and O–H groups in total. The number of alkyl halides is 3. The van der Waals surface area contributed by atoms with E-state index in [1.165, 1.54) is 29.1 Å². The van der Waals surface area contributed by atoms with E-state index in [1.54, 1.807) is 19.2 Å². The standard InChI is InChI=1S/C28H32F3N5O/c1-5-7-8-23(28(29,30)31)10-9-20(6-2)21-15-22-17-35(14-12-24(22)33-16-21)27-19(4)18(3)26-32-13-11-25(37)36(26)34-27/h6,8-11,13,15-16,27,34H,5,7,12,14,17H2,1-4H3/b10-9-,20-6+,23-8-. The van der Waals surface area contributed by atoms with Crippen LogP contribution in [0.3, 0.4) is 0 Å². The van der Waals surface area contributed by atoms with Gasteiger partial charge in [-0.3, -0.25) is 20.1 Å². The number of fused-ring (bicyclic) bond motifs is 2. The number of nitrogens with one attached hydrogen (secondary N) is 1. The van der Waals surface area contributed by atoms with Gasteiger partial charge in [-0.15, -0.1) is 0 Å². The Hall–Kier alpha value is -3.46. The summed E-state index contributed by atoms with van der Waals surface area (Å²) in [6.07, 6.45) is 6.09. The van der Waals surface area contributed by atoms with Crippen molar-refractivity contribution < 1.29 is 13.2 Å². The Morgan fingerprint density at radius 2 is 2.03 bits per heavy atom. The van der Waals surface area contributed by atoms with Crippen LogP contribution in [0.1, 0.15) is 63.2 Å². The number of rotatable bonds is 6. The minimum absolute atomic E-state index is 0.168. The predicted octanol–water partition coefficient (Wildman–Crippen LogP) is 5.62. The third kappa shape index (κ3) is 5.61. The highest BCUT2D eigenvalue weighted by Gasteiger charge is 2.32. The van der Waals surface area contributed by atoms with Gasteiger partial charge in [0.25, 0.3) is 5.56 Å². The van der Waals surface area contributed by atoms with Crippen molar-refractivity contribution in [1.82, 2.24) is 19.5 Å². The summed E-state index contributed by atoms with van der Waals surface area (Å²) >= 11 is 0. The Morgan fingerprint density at radius 3 is 2.73 bits per heavy atom. The number of hydrogen-bond donors (Lipinski definition) is 1. The predicted molar refractivity (Wildman–Crippen MR) is 140 cm³/mol. The van der Waals surface area contributed by atoms with E-state index in [0.29, 0.717) is 30.8 Å². The number of hydrogen-bond acceptors (Lipinski definition) is 5. The summed E-state index contributed by atoms with van der Waals surface area (Å²) in [5.74, 6) is 0.610. The Bertz CT molecular complexity index is 1350. The van der Waals surface area contributed by atoms with Crippen LogP contribution in [0.25, 0.3) is 11.1 Å². The van der Waals surface area contributed by atoms with Crippen LogP contribution in [0.4, 0.5) is 13.2 Å². The molecule has 0 aliphatic carbocycles. The van der Waals surface area contributed by atoms with Gasteiger partial charge in [-0.1, -0.05) is 31.6 Å². The molecule has 0 spiro atoms. The molecule has 0 radical (unpaired) electrons. The summed E-state index contributed by atoms with van der Waals surface area (Å²) < 4.78 is 41.8. The molecule has 1 unspecified atom stereocenters. The van der Waals surface area contributed by atoms with Crippen LogP contribution in [0.15, 0.2) is 64.8 Å². The van der Waals surface area contributed by atoms with Crippen molar-refractivity contribution in [3.63, 3.8) is 0 Å². The maximum absolute atomic E-state index is 13.4. The SMILES string of the molecule is C\C=C(/C=C\C(=C\CCC)C(F)(F)F)c1cnc2c(c1)CN(C1Nn3c(nccc3=O)C(C)=C1C)CC2. The summed E-state index contributed by atoms with van der Waals surface area (Å²) in [6.45, 7) is 9.00. The molecule has 4 rings (SSSR count). The van der Waals surface area contributed by atoms with Crippen LogP contribution in [0.2, 0.25) is 0 Å². The van der Waals surface area contributed by atoms with Crippen molar-refractivity contribution in [1.29, 1.82) is 0 Å². The third-order valence-corrected chi connectivity index (χ3v) is 6.94. The number of halogens is 3. The van der Waals surface area contributed by atoms with E-state index < -0.39 is 11.7 Å². The quantitative estimate of drug-likeness (QED) is 0.510. The van der Waals surface area contributed by atoms with Gasteiger partial charge in [-0.2, -0.15) is 13.2 Å². The Balaban J connectivity index is 1.59. The smallest absolute Gasteiger partial charge is 0.300 e. The number of nitrogens with zero attached hydrogens (tertiary/aromatic N) is 4. The van der Waals surface area contributed by atoms with Gasteiger partial charge in [0.1, 0.15) is 6.17 Å². The van der Waals surface area contributed by atoms with Crippen molar-refractivity contribution in [2.75, 3.05) is 12.0 Å². The van der Waals surface area contributed by atoms with Gasteiger partial charge in [0.05, 0.1) is 5.57 Å². The first-order valence-corrected chi connectivity index (χ1v) is 12.5. The normalized spacial score (nSPS) is 19.2. The molecule has 37 heavy (non-hydrogen) atoms. The first-order valence-electron chi connectivity index (χ1n) is 12.5. The van der Waals surface area contributed by atoms with Crippen LogP contribution < -0.4 is 11.0 Å². The lowest BCUT2D eigenvalue weighted by atomic mass is 9.97. The molecular formula is C28H32F3N5O. The van der Waals surface area contributed by atoms with Crippen LogP contribution in [-0.4, -0.2) is 38.4 Å². The molecule has 0 saturated carbocycles. The maximum Gasteiger partial charge on any atom is 0.416 e. The summed E-state index contributed by atoms with van der Waals surface area (Å²) in [5, 5.41) is 0. The Morgan fingerprint density at radius 1 is 1.24 bits per heavy atom. The lowest BCUT2D eigenvalue weighted by Crippen LogP contribution is -2.52. The van der Waals surface area contributed by atoms with Gasteiger partial charge in [0, 0.05) is 49.2 Å². The molecule has 2 aromatic rings. The van der Waals surface area contributed by atoms with Crippen LogP contribution in [-0.2, 0) is 13.0 Å². The van der Waals surface area contributed by atoms with E-state index in [9.17, 15) is 18.0 Å². The molecule has 0 bridgehead atoms. The van der Waals surface area contributed by atoms with Gasteiger partial charge in [-0.25, -0.2) is 9.66 Å². The largest absolute Gasteiger partial charge is 0.416 e. The molecule has 2 aliphatic rings. The molecule has 196 valence electrons. The van der Waals surface area contributed by atoms with Crippen LogP contribution in [0.5, 0.6) is 0 Å². The van der Waals surface area contributed by atoms with E-state index in [-0.39, 0.29) is 11.7 Å². The minimum atomic E-state index is -4.40. The van der Waals surface area contributed by atoms with E-state index in [4.69, 9.17) is 0 Å². The van der Waals surface area contributed by atoms with Crippen LogP contribution >= 0.6 is 0 Å². The fraction of sp³-hybridized carbons (Fsp3) is 0.393. The summed E-state index contributed by atoms with van der Waals surface area (Å²) in [6, 6.07) is 3.44. The second kappa shape index (κ2) is 10.9. The fourth-order valence-electron chi connectivity index (χ4n) is 4.70. The molecule has 0 saturated heterocycles. The zero-order valence-electron chi connectivity index (χ0n) is 21.6. The summed E-state index contributed by atoms with van der Waals surface area (Å²) in [4.78, 5) is 23.7. The lowest BCUT2D eigenvalue weighted by Gasteiger charge is -2.40. The minimum Gasteiger partial charge on any atom is -0.300 e. The Labute approximate surface area is 214 Å². The molecule has 1 atom stereocenters. The van der Waals surface area contributed by atoms with Gasteiger partial charge >= 0.3 is 6.18 Å². The van der Waals surface area contributed by atoms with Gasteiger partial charge in [-0.05, 0) is 61.6 Å². The van der Waals surface area contributed by atoms with E-state index in [0.717, 1.165) is 47.0 Å². The molecular weight excluding hydrogens is 479 g/mol. The van der Waals surface area contributed by atoms with Crippen LogP contribution in [0, 0.1) is 0 Å². The lowest BCUT2D eigenvalue weighted by molar-refractivity contribution is -0.0884. The first-order chi connectivity index (χ1) is 17.6. The number of unbranched alkanes of at least 4 members (excludes halogenated alkanes) is 1. The third-order valence-electron chi connectivity index (χ3n) is 6.94. The molecule has 0 aromatic carbocycles. The topological polar surface area (TPSA) is 63.1 Å². The Kier molecular flexibility index (Phi) is 7.82. The van der Waals surface area contributed by atoms with Crippen molar-refractivity contribution in [3.8, 4) is 0 Å². The molecule has 6 nitrogen and oxygen atoms in total. The number of allylic oxidation sites excluding steroid dienone is 7. The van der Waals surface area contributed by atoms with E-state index in [1.807, 2.05) is 26.8 Å². The average molecular weight is 512 g/mol. The number of aromatic nitrogens is 3. The molecule has 2 aliphatic heterocycles. The molecule has 9 heteroatoms. The van der Waals surface area contributed by atoms with Gasteiger partial charge in [0.2, 0.25) is 0 Å². The average Bonchev–Trinajstić information content (AvgIpc) is 2.87. The summed E-state index contributed by atoms with van der Waals surface area (Å²) in [5.41, 5.74) is 7.98. The van der Waals surface area contributed by atoms with Gasteiger partial charge in [0.15, 0.2) is 5.82 Å². The molecule has 2 aromatic heterocycles. The number of pyridine rings is 1. The monoisotopic (exact) mass is 511 g/mol. The second-order valence-electron chi connectivity index (χ2n) is 9.36. The highest BCUT2D eigenvalue weighted by atomic mass is 19.4. The van der Waals surface area contributed by atoms with Crippen molar-refractivity contribution >= 4 is 11.1 Å². The molecule has 4 heterocycles. The maximum atomic E-state index is 13.4. The highest BCUT2D eigenvalue weighted by molar-refractivity contribution is 5.74. The van der Waals surface area contributed by atoms with E-state index in [2.05, 4.69) is 20.3 Å². The van der Waals surface area contributed by atoms with Crippen molar-refractivity contribution in [2.45, 2.75) is 65.8 Å². The van der Waals surface area contributed by atoms with Gasteiger partial charge < -0.3 is 0 Å². The van der Waals surface area contributed by atoms with E-state index >= 15 is 0 Å². The highest BCUT2D eigenvalue weighted by Crippen LogP contribution is 2.31. The van der Waals surface area contributed by atoms with Crippen molar-refractivity contribution in [2.24, 2.45) is 0 Å². The zero-order valence-corrected chi connectivity index (χ0v) is 21.6. The van der Waals surface area contributed by atoms with Crippen molar-refractivity contribution in [3.05, 3.63) is 93.0 Å². The molecule has 0 fully saturated rings. The zero-order chi connectivity index (χ0) is 26.7.